The van der Waals surface area contributed by atoms with Crippen molar-refractivity contribution >= 4 is 5.91 Å². The third kappa shape index (κ3) is 3.99. The number of rotatable bonds is 4. The van der Waals surface area contributed by atoms with Crippen LogP contribution in [0.1, 0.15) is 53.3 Å². The molecule has 0 aliphatic carbocycles. The van der Waals surface area contributed by atoms with E-state index in [0.29, 0.717) is 37.1 Å². The minimum atomic E-state index is -0.0638. The van der Waals surface area contributed by atoms with Crippen LogP contribution in [0.5, 0.6) is 5.88 Å². The Kier molecular flexibility index (Phi) is 5.52. The Morgan fingerprint density at radius 3 is 2.74 bits per heavy atom. The molecule has 0 unspecified atom stereocenters. The van der Waals surface area contributed by atoms with E-state index >= 15 is 0 Å². The van der Waals surface area contributed by atoms with Crippen LogP contribution in [-0.2, 0) is 13.1 Å². The Balaban J connectivity index is 1.36. The van der Waals surface area contributed by atoms with E-state index in [1.165, 1.54) is 19.3 Å². The first-order chi connectivity index (χ1) is 15.1. The van der Waals surface area contributed by atoms with E-state index in [0.717, 1.165) is 37.3 Å². The molecular weight excluding hydrogens is 392 g/mol. The van der Waals surface area contributed by atoms with Crippen LogP contribution in [0, 0.1) is 5.92 Å². The van der Waals surface area contributed by atoms with E-state index < -0.39 is 0 Å². The van der Waals surface area contributed by atoms with Gasteiger partial charge in [0.25, 0.3) is 11.5 Å². The summed E-state index contributed by atoms with van der Waals surface area (Å²) >= 11 is 0. The van der Waals surface area contributed by atoms with E-state index in [9.17, 15) is 9.59 Å². The molecule has 0 spiro atoms. The van der Waals surface area contributed by atoms with Crippen LogP contribution in [0.4, 0.5) is 0 Å². The zero-order valence-electron chi connectivity index (χ0n) is 18.1. The number of methoxy groups -OCH3 is 1. The second-order valence-electron chi connectivity index (χ2n) is 9.11. The standard InChI is InChI=1S/C24H30N4O3/c1-31-22-7-5-6-20(25-22)24(30)27-13-17-12-19(16-27)21-9-8-18(23(29)28(21)14-17)15-26-10-3-2-4-11-26/h5-9,17,19H,2-4,10-16H2,1H3/t17-,19+/m0/s1. The van der Waals surface area contributed by atoms with Crippen molar-refractivity contribution in [2.45, 2.75) is 44.7 Å². The van der Waals surface area contributed by atoms with E-state index in [1.807, 2.05) is 15.5 Å². The molecule has 5 heterocycles. The van der Waals surface area contributed by atoms with Crippen molar-refractivity contribution in [3.63, 3.8) is 0 Å². The number of hydrogen-bond acceptors (Lipinski definition) is 5. The molecule has 7 heteroatoms. The second kappa shape index (κ2) is 8.46. The number of amides is 1. The highest BCUT2D eigenvalue weighted by atomic mass is 16.5. The van der Waals surface area contributed by atoms with Gasteiger partial charge in [0.15, 0.2) is 0 Å². The Hall–Kier alpha value is -2.67. The Morgan fingerprint density at radius 2 is 1.94 bits per heavy atom. The fourth-order valence-electron chi connectivity index (χ4n) is 5.45. The van der Waals surface area contributed by atoms with Crippen LogP contribution in [-0.4, -0.2) is 58.5 Å². The molecule has 2 aromatic heterocycles. The summed E-state index contributed by atoms with van der Waals surface area (Å²) in [5, 5.41) is 0. The first kappa shape index (κ1) is 20.2. The number of aromatic nitrogens is 2. The fourth-order valence-corrected chi connectivity index (χ4v) is 5.45. The van der Waals surface area contributed by atoms with Crippen molar-refractivity contribution in [1.29, 1.82) is 0 Å². The maximum Gasteiger partial charge on any atom is 0.272 e. The normalized spacial score (nSPS) is 23.3. The maximum absolute atomic E-state index is 13.3. The summed E-state index contributed by atoms with van der Waals surface area (Å²) in [5.74, 6) is 0.870. The second-order valence-corrected chi connectivity index (χ2v) is 9.11. The monoisotopic (exact) mass is 422 g/mol. The van der Waals surface area contributed by atoms with Crippen LogP contribution >= 0.6 is 0 Å². The maximum atomic E-state index is 13.3. The lowest BCUT2D eigenvalue weighted by Crippen LogP contribution is -2.49. The third-order valence-corrected chi connectivity index (χ3v) is 6.96. The van der Waals surface area contributed by atoms with Crippen LogP contribution < -0.4 is 10.3 Å². The van der Waals surface area contributed by atoms with Gasteiger partial charge in [-0.15, -0.1) is 0 Å². The number of carbonyl (C=O) groups is 1. The van der Waals surface area contributed by atoms with Crippen molar-refractivity contribution in [3.8, 4) is 5.88 Å². The largest absolute Gasteiger partial charge is 0.481 e. The van der Waals surface area contributed by atoms with E-state index in [2.05, 4.69) is 16.0 Å². The smallest absolute Gasteiger partial charge is 0.272 e. The number of carbonyl (C=O) groups excluding carboxylic acids is 1. The van der Waals surface area contributed by atoms with Gasteiger partial charge in [-0.1, -0.05) is 18.6 Å². The molecular formula is C24H30N4O3. The SMILES string of the molecule is COc1cccc(C(=O)N2C[C@@H]3C[C@H](C2)c2ccc(CN4CCCCC4)c(=O)n2C3)n1. The molecule has 31 heavy (non-hydrogen) atoms. The highest BCUT2D eigenvalue weighted by molar-refractivity contribution is 5.92. The van der Waals surface area contributed by atoms with Gasteiger partial charge in [-0.25, -0.2) is 4.98 Å². The number of likely N-dealkylation sites (tertiary alicyclic amines) is 2. The predicted octanol–water partition coefficient (Wildman–Crippen LogP) is 2.50. The molecule has 0 radical (unpaired) electrons. The molecule has 2 bridgehead atoms. The number of pyridine rings is 2. The van der Waals surface area contributed by atoms with Crippen LogP contribution in [0.15, 0.2) is 35.1 Å². The van der Waals surface area contributed by atoms with Crippen molar-refractivity contribution in [3.05, 3.63) is 57.6 Å². The summed E-state index contributed by atoms with van der Waals surface area (Å²) in [4.78, 5) is 35.0. The lowest BCUT2D eigenvalue weighted by molar-refractivity contribution is 0.0587. The molecule has 2 fully saturated rings. The van der Waals surface area contributed by atoms with Gasteiger partial charge >= 0.3 is 0 Å². The number of nitrogens with zero attached hydrogens (tertiary/aromatic N) is 4. The quantitative estimate of drug-likeness (QED) is 0.757. The first-order valence-corrected chi connectivity index (χ1v) is 11.4. The highest BCUT2D eigenvalue weighted by Gasteiger charge is 2.37. The highest BCUT2D eigenvalue weighted by Crippen LogP contribution is 2.35. The molecule has 3 aliphatic rings. The molecule has 0 saturated carbocycles. The molecule has 0 N–H and O–H groups in total. The molecule has 2 aromatic rings. The molecule has 2 saturated heterocycles. The molecule has 1 amide bonds. The minimum absolute atomic E-state index is 0.0638. The molecule has 164 valence electrons. The Labute approximate surface area is 182 Å². The summed E-state index contributed by atoms with van der Waals surface area (Å²) in [5.41, 5.74) is 2.54. The zero-order valence-corrected chi connectivity index (χ0v) is 18.1. The number of ether oxygens (including phenoxy) is 1. The van der Waals surface area contributed by atoms with Gasteiger partial charge in [0.1, 0.15) is 5.69 Å². The average molecular weight is 423 g/mol. The molecule has 0 aromatic carbocycles. The Bertz CT molecular complexity index is 1030. The van der Waals surface area contributed by atoms with Gasteiger partial charge in [-0.2, -0.15) is 0 Å². The van der Waals surface area contributed by atoms with Gasteiger partial charge < -0.3 is 14.2 Å². The van der Waals surface area contributed by atoms with E-state index in [-0.39, 0.29) is 17.4 Å². The van der Waals surface area contributed by atoms with Gasteiger partial charge in [0.2, 0.25) is 5.88 Å². The third-order valence-electron chi connectivity index (χ3n) is 6.96. The summed E-state index contributed by atoms with van der Waals surface area (Å²) < 4.78 is 7.16. The summed E-state index contributed by atoms with van der Waals surface area (Å²) in [6, 6.07) is 9.42. The van der Waals surface area contributed by atoms with Gasteiger partial charge in [0.05, 0.1) is 7.11 Å². The van der Waals surface area contributed by atoms with Crippen LogP contribution in [0.2, 0.25) is 0 Å². The number of fused-ring (bicyclic) bond motifs is 4. The average Bonchev–Trinajstić information content (AvgIpc) is 2.81. The summed E-state index contributed by atoms with van der Waals surface area (Å²) in [7, 11) is 1.55. The first-order valence-electron chi connectivity index (χ1n) is 11.4. The predicted molar refractivity (Wildman–Crippen MR) is 117 cm³/mol. The molecule has 3 aliphatic heterocycles. The van der Waals surface area contributed by atoms with Crippen molar-refractivity contribution < 1.29 is 9.53 Å². The van der Waals surface area contributed by atoms with E-state index in [1.54, 1.807) is 25.3 Å². The van der Waals surface area contributed by atoms with Crippen LogP contribution in [0.25, 0.3) is 0 Å². The van der Waals surface area contributed by atoms with Crippen molar-refractivity contribution in [2.75, 3.05) is 33.3 Å². The van der Waals surface area contributed by atoms with Gasteiger partial charge in [-0.3, -0.25) is 14.5 Å². The summed E-state index contributed by atoms with van der Waals surface area (Å²) in [6.07, 6.45) is 4.77. The van der Waals surface area contributed by atoms with Crippen LogP contribution in [0.3, 0.4) is 0 Å². The summed E-state index contributed by atoms with van der Waals surface area (Å²) in [6.45, 7) is 4.90. The zero-order chi connectivity index (χ0) is 21.4. The fraction of sp³-hybridized carbons (Fsp3) is 0.542. The van der Waals surface area contributed by atoms with Crippen molar-refractivity contribution in [2.24, 2.45) is 5.92 Å². The number of hydrogen-bond donors (Lipinski definition) is 0. The minimum Gasteiger partial charge on any atom is -0.481 e. The molecule has 2 atom stereocenters. The van der Waals surface area contributed by atoms with E-state index in [4.69, 9.17) is 4.74 Å². The van der Waals surface area contributed by atoms with Gasteiger partial charge in [-0.05, 0) is 50.4 Å². The lowest BCUT2D eigenvalue weighted by Gasteiger charge is -2.42. The molecule has 5 rings (SSSR count). The molecule has 7 nitrogen and oxygen atoms in total. The van der Waals surface area contributed by atoms with Crippen molar-refractivity contribution in [1.82, 2.24) is 19.4 Å². The number of piperidine rings is 2. The Morgan fingerprint density at radius 1 is 1.10 bits per heavy atom. The van der Waals surface area contributed by atoms with Gasteiger partial charge in [0, 0.05) is 49.4 Å². The lowest BCUT2D eigenvalue weighted by atomic mass is 9.82. The topological polar surface area (TPSA) is 67.7 Å².